The molecule has 1 aromatic carbocycles. The lowest BCUT2D eigenvalue weighted by molar-refractivity contribution is -0.162. The van der Waals surface area contributed by atoms with Crippen LogP contribution >= 0.6 is 15.9 Å². The molecule has 7 heteroatoms. The summed E-state index contributed by atoms with van der Waals surface area (Å²) in [5, 5.41) is 9.18. The Morgan fingerprint density at radius 2 is 2.05 bits per heavy atom. The van der Waals surface area contributed by atoms with Gasteiger partial charge in [0, 0.05) is 15.8 Å². The summed E-state index contributed by atoms with van der Waals surface area (Å²) >= 11 is 3.33. The smallest absolute Gasteiger partial charge is 0.209 e. The van der Waals surface area contributed by atoms with Crippen LogP contribution in [-0.4, -0.2) is 44.3 Å². The minimum atomic E-state index is -3.29. The van der Waals surface area contributed by atoms with Crippen molar-refractivity contribution >= 4 is 25.8 Å². The van der Waals surface area contributed by atoms with E-state index >= 15 is 0 Å². The topological polar surface area (TPSA) is 72.8 Å². The third-order valence-electron chi connectivity index (χ3n) is 3.20. The Labute approximate surface area is 126 Å². The lowest BCUT2D eigenvalue weighted by Gasteiger charge is -2.28. The highest BCUT2D eigenvalue weighted by molar-refractivity contribution is 9.10. The molecule has 0 bridgehead atoms. The average molecular weight is 365 g/mol. The predicted molar refractivity (Wildman–Crippen MR) is 78.1 cm³/mol. The summed E-state index contributed by atoms with van der Waals surface area (Å²) in [5.41, 5.74) is 0.633. The van der Waals surface area contributed by atoms with Crippen LogP contribution in [0.3, 0.4) is 0 Å². The highest BCUT2D eigenvalue weighted by atomic mass is 79.9. The van der Waals surface area contributed by atoms with E-state index < -0.39 is 21.7 Å². The normalized spacial score (nSPS) is 26.9. The number of benzene rings is 1. The van der Waals surface area contributed by atoms with E-state index in [9.17, 15) is 13.5 Å². The van der Waals surface area contributed by atoms with Crippen LogP contribution in [0.4, 0.5) is 0 Å². The molecule has 1 fully saturated rings. The average Bonchev–Trinajstić information content (AvgIpc) is 2.83. The van der Waals surface area contributed by atoms with Crippen LogP contribution in [0, 0.1) is 0 Å². The molecule has 20 heavy (non-hydrogen) atoms. The standard InChI is InChI=1S/C13H17BrO5S/c1-2-20(16,17)9-13(18-8-12(7-15)19-13)10-3-5-11(14)6-4-10/h3-6,12,15H,2,7-9H2,1H3/t12-,13+/m1/s1. The molecular formula is C13H17BrO5S. The summed E-state index contributed by atoms with van der Waals surface area (Å²) in [4.78, 5) is 0. The molecule has 1 saturated heterocycles. The van der Waals surface area contributed by atoms with Gasteiger partial charge >= 0.3 is 0 Å². The van der Waals surface area contributed by atoms with Crippen molar-refractivity contribution in [3.8, 4) is 0 Å². The van der Waals surface area contributed by atoms with Gasteiger partial charge in [0.25, 0.3) is 0 Å². The van der Waals surface area contributed by atoms with Gasteiger partial charge in [-0.2, -0.15) is 0 Å². The fraction of sp³-hybridized carbons (Fsp3) is 0.538. The number of rotatable bonds is 5. The zero-order chi connectivity index (χ0) is 14.8. The molecule has 1 N–H and O–H groups in total. The third-order valence-corrected chi connectivity index (χ3v) is 5.43. The SMILES string of the molecule is CCS(=O)(=O)C[C@]1(c2ccc(Br)cc2)OC[C@@H](CO)O1. The molecule has 1 aliphatic rings. The minimum Gasteiger partial charge on any atom is -0.394 e. The van der Waals surface area contributed by atoms with Crippen LogP contribution in [-0.2, 0) is 25.1 Å². The van der Waals surface area contributed by atoms with Crippen LogP contribution in [0.1, 0.15) is 12.5 Å². The van der Waals surface area contributed by atoms with Gasteiger partial charge < -0.3 is 14.6 Å². The molecule has 5 nitrogen and oxygen atoms in total. The largest absolute Gasteiger partial charge is 0.394 e. The zero-order valence-corrected chi connectivity index (χ0v) is 13.5. The van der Waals surface area contributed by atoms with Gasteiger partial charge in [0.05, 0.1) is 13.2 Å². The number of aliphatic hydroxyl groups is 1. The maximum Gasteiger partial charge on any atom is 0.209 e. The molecule has 1 heterocycles. The second-order valence-electron chi connectivity index (χ2n) is 4.67. The Balaban J connectivity index is 2.37. The third kappa shape index (κ3) is 3.40. The number of hydrogen-bond acceptors (Lipinski definition) is 5. The fourth-order valence-corrected chi connectivity index (χ4v) is 3.43. The number of ether oxygens (including phenoxy) is 2. The number of aliphatic hydroxyl groups excluding tert-OH is 1. The second kappa shape index (κ2) is 6.11. The summed E-state index contributed by atoms with van der Waals surface area (Å²) in [6, 6.07) is 7.12. The quantitative estimate of drug-likeness (QED) is 0.855. The molecule has 0 radical (unpaired) electrons. The first-order chi connectivity index (χ1) is 9.41. The van der Waals surface area contributed by atoms with Crippen molar-refractivity contribution in [2.45, 2.75) is 18.8 Å². The Hall–Kier alpha value is -0.470. The maximum absolute atomic E-state index is 12.0. The van der Waals surface area contributed by atoms with Crippen LogP contribution < -0.4 is 0 Å². The molecule has 2 atom stereocenters. The molecular weight excluding hydrogens is 348 g/mol. The van der Waals surface area contributed by atoms with Crippen LogP contribution in [0.5, 0.6) is 0 Å². The highest BCUT2D eigenvalue weighted by Crippen LogP contribution is 2.36. The molecule has 2 rings (SSSR count). The summed E-state index contributed by atoms with van der Waals surface area (Å²) in [6.07, 6.45) is -0.509. The summed E-state index contributed by atoms with van der Waals surface area (Å²) < 4.78 is 36.1. The number of sulfone groups is 1. The van der Waals surface area contributed by atoms with Crippen LogP contribution in [0.15, 0.2) is 28.7 Å². The van der Waals surface area contributed by atoms with E-state index in [1.807, 2.05) is 0 Å². The molecule has 0 spiro atoms. The molecule has 0 aromatic heterocycles. The van der Waals surface area contributed by atoms with Crippen molar-refractivity contribution in [1.82, 2.24) is 0 Å². The first kappa shape index (κ1) is 15.9. The van der Waals surface area contributed by atoms with Gasteiger partial charge in [0.15, 0.2) is 9.84 Å². The molecule has 1 aromatic rings. The van der Waals surface area contributed by atoms with Crippen LogP contribution in [0.25, 0.3) is 0 Å². The van der Waals surface area contributed by atoms with Gasteiger partial charge in [-0.15, -0.1) is 0 Å². The first-order valence-electron chi connectivity index (χ1n) is 6.30. The van der Waals surface area contributed by atoms with Crippen molar-refractivity contribution in [3.63, 3.8) is 0 Å². The molecule has 0 unspecified atom stereocenters. The number of halogens is 1. The molecule has 0 saturated carbocycles. The van der Waals surface area contributed by atoms with E-state index in [2.05, 4.69) is 15.9 Å². The first-order valence-corrected chi connectivity index (χ1v) is 8.91. The molecule has 0 amide bonds. The summed E-state index contributed by atoms with van der Waals surface area (Å²) in [7, 11) is -3.29. The zero-order valence-electron chi connectivity index (χ0n) is 11.1. The Bertz CT molecular complexity index is 557. The van der Waals surface area contributed by atoms with Crippen molar-refractivity contribution < 1.29 is 23.0 Å². The Morgan fingerprint density at radius 3 is 2.55 bits per heavy atom. The van der Waals surface area contributed by atoms with Gasteiger partial charge in [0.2, 0.25) is 5.79 Å². The van der Waals surface area contributed by atoms with E-state index in [0.29, 0.717) is 5.56 Å². The molecule has 1 aliphatic heterocycles. The highest BCUT2D eigenvalue weighted by Gasteiger charge is 2.46. The van der Waals surface area contributed by atoms with Gasteiger partial charge in [-0.25, -0.2) is 8.42 Å². The van der Waals surface area contributed by atoms with Crippen molar-refractivity contribution in [3.05, 3.63) is 34.3 Å². The van der Waals surface area contributed by atoms with Crippen molar-refractivity contribution in [2.24, 2.45) is 0 Å². The predicted octanol–water partition coefficient (Wildman–Crippen LogP) is 1.44. The van der Waals surface area contributed by atoms with Gasteiger partial charge in [-0.3, -0.25) is 0 Å². The van der Waals surface area contributed by atoms with E-state index in [-0.39, 0.29) is 24.7 Å². The van der Waals surface area contributed by atoms with E-state index in [0.717, 1.165) is 4.47 Å². The maximum atomic E-state index is 12.0. The van der Waals surface area contributed by atoms with E-state index in [1.165, 1.54) is 0 Å². The van der Waals surface area contributed by atoms with Gasteiger partial charge in [-0.05, 0) is 12.1 Å². The summed E-state index contributed by atoms with van der Waals surface area (Å²) in [5.74, 6) is -1.57. The van der Waals surface area contributed by atoms with E-state index in [4.69, 9.17) is 9.47 Å². The Kier molecular flexibility index (Phi) is 4.86. The van der Waals surface area contributed by atoms with Crippen molar-refractivity contribution in [1.29, 1.82) is 0 Å². The monoisotopic (exact) mass is 364 g/mol. The molecule has 0 aliphatic carbocycles. The van der Waals surface area contributed by atoms with Gasteiger partial charge in [0.1, 0.15) is 11.9 Å². The Morgan fingerprint density at radius 1 is 1.40 bits per heavy atom. The fourth-order valence-electron chi connectivity index (χ4n) is 2.06. The minimum absolute atomic E-state index is 0.0157. The number of hydrogen-bond donors (Lipinski definition) is 1. The summed E-state index contributed by atoms with van der Waals surface area (Å²) in [6.45, 7) is 1.55. The molecule has 112 valence electrons. The second-order valence-corrected chi connectivity index (χ2v) is 7.94. The lowest BCUT2D eigenvalue weighted by Crippen LogP contribution is -2.37. The van der Waals surface area contributed by atoms with E-state index in [1.54, 1.807) is 31.2 Å². The van der Waals surface area contributed by atoms with Crippen molar-refractivity contribution in [2.75, 3.05) is 24.7 Å². The van der Waals surface area contributed by atoms with Gasteiger partial charge in [-0.1, -0.05) is 35.0 Å². The lowest BCUT2D eigenvalue weighted by atomic mass is 10.1. The van der Waals surface area contributed by atoms with Crippen LogP contribution in [0.2, 0.25) is 0 Å².